The molecule has 0 spiro atoms. The van der Waals surface area contributed by atoms with Gasteiger partial charge in [0.2, 0.25) is 0 Å². The van der Waals surface area contributed by atoms with Crippen LogP contribution in [0.3, 0.4) is 0 Å². The molecule has 0 atom stereocenters. The van der Waals surface area contributed by atoms with E-state index in [2.05, 4.69) is 4.98 Å². The molecule has 0 N–H and O–H groups in total. The molecule has 0 aliphatic rings. The van der Waals surface area contributed by atoms with Gasteiger partial charge in [0.1, 0.15) is 29.4 Å². The average Bonchev–Trinajstić information content (AvgIpc) is 3.07. The zero-order valence-electron chi connectivity index (χ0n) is 13.9. The predicted octanol–water partition coefficient (Wildman–Crippen LogP) is 3.68. The molecule has 0 amide bonds. The van der Waals surface area contributed by atoms with Crippen LogP contribution >= 0.6 is 11.8 Å². The van der Waals surface area contributed by atoms with E-state index in [9.17, 15) is 4.79 Å². The van der Waals surface area contributed by atoms with Crippen molar-refractivity contribution in [2.75, 3.05) is 20.0 Å². The number of methoxy groups -OCH3 is 2. The van der Waals surface area contributed by atoms with E-state index in [1.165, 1.54) is 11.8 Å². The first kappa shape index (κ1) is 17.2. The van der Waals surface area contributed by atoms with Crippen molar-refractivity contribution in [3.63, 3.8) is 0 Å². The summed E-state index contributed by atoms with van der Waals surface area (Å²) >= 11 is 1.20. The number of ether oxygens (including phenoxy) is 3. The van der Waals surface area contributed by atoms with Crippen LogP contribution in [0.4, 0.5) is 0 Å². The third kappa shape index (κ3) is 4.24. The number of nitrogens with zero attached hydrogens (tertiary/aromatic N) is 1. The Hall–Kier alpha value is -2.67. The van der Waals surface area contributed by atoms with E-state index in [0.29, 0.717) is 22.3 Å². The second kappa shape index (κ2) is 7.94. The average molecular weight is 359 g/mol. The number of aromatic nitrogens is 1. The smallest absolute Gasteiger partial charge is 0.316 e. The van der Waals surface area contributed by atoms with Crippen molar-refractivity contribution in [3.8, 4) is 11.5 Å². The number of benzene rings is 2. The lowest BCUT2D eigenvalue weighted by Gasteiger charge is -2.10. The van der Waals surface area contributed by atoms with E-state index in [-0.39, 0.29) is 18.3 Å². The second-order valence-electron chi connectivity index (χ2n) is 5.07. The van der Waals surface area contributed by atoms with Gasteiger partial charge in [0, 0.05) is 5.56 Å². The maximum Gasteiger partial charge on any atom is 0.316 e. The van der Waals surface area contributed by atoms with Crippen molar-refractivity contribution >= 4 is 28.8 Å². The number of para-hydroxylation sites is 2. The molecule has 2 aromatic carbocycles. The fraction of sp³-hybridized carbons (Fsp3) is 0.222. The number of fused-ring (bicyclic) bond motifs is 1. The van der Waals surface area contributed by atoms with Gasteiger partial charge in [0.05, 0.1) is 14.2 Å². The van der Waals surface area contributed by atoms with Gasteiger partial charge in [-0.3, -0.25) is 4.79 Å². The highest BCUT2D eigenvalue weighted by molar-refractivity contribution is 7.99. The molecule has 0 unspecified atom stereocenters. The van der Waals surface area contributed by atoms with Gasteiger partial charge in [0.15, 0.2) is 5.58 Å². The highest BCUT2D eigenvalue weighted by Crippen LogP contribution is 2.26. The summed E-state index contributed by atoms with van der Waals surface area (Å²) in [7, 11) is 3.14. The third-order valence-electron chi connectivity index (χ3n) is 3.46. The molecule has 7 heteroatoms. The van der Waals surface area contributed by atoms with Crippen LogP contribution in [0, 0.1) is 0 Å². The third-order valence-corrected chi connectivity index (χ3v) is 4.27. The van der Waals surface area contributed by atoms with Crippen LogP contribution in [-0.4, -0.2) is 30.9 Å². The molecule has 0 bridgehead atoms. The Kier molecular flexibility index (Phi) is 5.45. The Morgan fingerprint density at radius 1 is 1.16 bits per heavy atom. The van der Waals surface area contributed by atoms with Crippen molar-refractivity contribution in [2.24, 2.45) is 0 Å². The van der Waals surface area contributed by atoms with Gasteiger partial charge in [-0.05, 0) is 30.3 Å². The van der Waals surface area contributed by atoms with Crippen LogP contribution < -0.4 is 9.47 Å². The molecule has 0 saturated carbocycles. The molecule has 0 saturated heterocycles. The Morgan fingerprint density at radius 3 is 2.76 bits per heavy atom. The van der Waals surface area contributed by atoms with Gasteiger partial charge in [-0.1, -0.05) is 23.9 Å². The highest BCUT2D eigenvalue weighted by atomic mass is 32.2. The molecule has 3 rings (SSSR count). The minimum absolute atomic E-state index is 0.104. The molecule has 6 nitrogen and oxygen atoms in total. The van der Waals surface area contributed by atoms with Gasteiger partial charge in [0.25, 0.3) is 5.22 Å². The summed E-state index contributed by atoms with van der Waals surface area (Å²) in [5.74, 6) is 1.06. The maximum atomic E-state index is 12.0. The normalized spacial score (nSPS) is 10.6. The Labute approximate surface area is 149 Å². The number of oxazole rings is 1. The van der Waals surface area contributed by atoms with E-state index in [4.69, 9.17) is 18.6 Å². The fourth-order valence-electron chi connectivity index (χ4n) is 2.23. The van der Waals surface area contributed by atoms with Gasteiger partial charge < -0.3 is 18.6 Å². The molecule has 0 aliphatic carbocycles. The van der Waals surface area contributed by atoms with Gasteiger partial charge >= 0.3 is 5.97 Å². The standard InChI is InChI=1S/C18H17NO5S/c1-21-13-7-8-15(22-2)12(9-13)10-23-17(20)11-25-18-19-14-5-3-4-6-16(14)24-18/h3-9H,10-11H2,1-2H3. The van der Waals surface area contributed by atoms with Crippen molar-refractivity contribution in [3.05, 3.63) is 48.0 Å². The predicted molar refractivity (Wildman–Crippen MR) is 94.1 cm³/mol. The topological polar surface area (TPSA) is 70.8 Å². The Balaban J connectivity index is 1.56. The van der Waals surface area contributed by atoms with E-state index in [1.807, 2.05) is 24.3 Å². The summed E-state index contributed by atoms with van der Waals surface area (Å²) in [6, 6.07) is 12.8. The molecule has 0 fully saturated rings. The van der Waals surface area contributed by atoms with Crippen LogP contribution in [0.25, 0.3) is 11.1 Å². The Bertz CT molecular complexity index is 844. The highest BCUT2D eigenvalue weighted by Gasteiger charge is 2.12. The maximum absolute atomic E-state index is 12.0. The minimum Gasteiger partial charge on any atom is -0.497 e. The quantitative estimate of drug-likeness (QED) is 0.471. The molecule has 130 valence electrons. The van der Waals surface area contributed by atoms with E-state index < -0.39 is 0 Å². The van der Waals surface area contributed by atoms with Crippen molar-refractivity contribution in [1.29, 1.82) is 0 Å². The minimum atomic E-state index is -0.364. The monoisotopic (exact) mass is 359 g/mol. The van der Waals surface area contributed by atoms with Crippen molar-refractivity contribution in [1.82, 2.24) is 4.98 Å². The first-order chi connectivity index (χ1) is 12.2. The van der Waals surface area contributed by atoms with Crippen molar-refractivity contribution < 1.29 is 23.4 Å². The number of thioether (sulfide) groups is 1. The van der Waals surface area contributed by atoms with Gasteiger partial charge in [-0.15, -0.1) is 0 Å². The van der Waals surface area contributed by atoms with E-state index in [0.717, 1.165) is 11.1 Å². The zero-order chi connectivity index (χ0) is 17.6. The first-order valence-electron chi connectivity index (χ1n) is 7.54. The van der Waals surface area contributed by atoms with Crippen LogP contribution in [-0.2, 0) is 16.1 Å². The Morgan fingerprint density at radius 2 is 2.00 bits per heavy atom. The molecule has 0 radical (unpaired) electrons. The lowest BCUT2D eigenvalue weighted by molar-refractivity contribution is -0.141. The number of carbonyl (C=O) groups is 1. The number of hydrogen-bond acceptors (Lipinski definition) is 7. The summed E-state index contributed by atoms with van der Waals surface area (Å²) < 4.78 is 21.3. The molecule has 0 aliphatic heterocycles. The lowest BCUT2D eigenvalue weighted by atomic mass is 10.2. The molecule has 3 aromatic rings. The van der Waals surface area contributed by atoms with Crippen LogP contribution in [0.5, 0.6) is 11.5 Å². The van der Waals surface area contributed by atoms with Crippen LogP contribution in [0.15, 0.2) is 52.1 Å². The lowest BCUT2D eigenvalue weighted by Crippen LogP contribution is -2.08. The molecule has 25 heavy (non-hydrogen) atoms. The largest absolute Gasteiger partial charge is 0.497 e. The summed E-state index contributed by atoms with van der Waals surface area (Å²) in [6.07, 6.45) is 0. The molecular formula is C18H17NO5S. The molecular weight excluding hydrogens is 342 g/mol. The number of rotatable bonds is 7. The molecule has 1 aromatic heterocycles. The van der Waals surface area contributed by atoms with E-state index >= 15 is 0 Å². The van der Waals surface area contributed by atoms with Gasteiger partial charge in [-0.2, -0.15) is 0 Å². The zero-order valence-corrected chi connectivity index (χ0v) is 14.7. The van der Waals surface area contributed by atoms with Crippen LogP contribution in [0.2, 0.25) is 0 Å². The molecule has 1 heterocycles. The van der Waals surface area contributed by atoms with Crippen LogP contribution in [0.1, 0.15) is 5.56 Å². The summed E-state index contributed by atoms with van der Waals surface area (Å²) in [4.78, 5) is 16.3. The second-order valence-corrected chi connectivity index (χ2v) is 6.00. The SMILES string of the molecule is COc1ccc(OC)c(COC(=O)CSc2nc3ccccc3o2)c1. The number of hydrogen-bond donors (Lipinski definition) is 0. The first-order valence-corrected chi connectivity index (χ1v) is 8.53. The number of esters is 1. The van der Waals surface area contributed by atoms with Gasteiger partial charge in [-0.25, -0.2) is 4.98 Å². The summed E-state index contributed by atoms with van der Waals surface area (Å²) in [6.45, 7) is 0.104. The summed E-state index contributed by atoms with van der Waals surface area (Å²) in [5, 5.41) is 0.442. The number of carbonyl (C=O) groups excluding carboxylic acids is 1. The fourth-order valence-corrected chi connectivity index (χ4v) is 2.86. The van der Waals surface area contributed by atoms with E-state index in [1.54, 1.807) is 32.4 Å². The summed E-state index contributed by atoms with van der Waals surface area (Å²) in [5.41, 5.74) is 2.20. The van der Waals surface area contributed by atoms with Crippen molar-refractivity contribution in [2.45, 2.75) is 11.8 Å².